The zero-order valence-corrected chi connectivity index (χ0v) is 17.4. The zero-order chi connectivity index (χ0) is 21.4. The Bertz CT molecular complexity index is 785. The predicted molar refractivity (Wildman–Crippen MR) is 106 cm³/mol. The van der Waals surface area contributed by atoms with Gasteiger partial charge in [0.25, 0.3) is 0 Å². The van der Waals surface area contributed by atoms with Crippen LogP contribution >= 0.6 is 0 Å². The molecule has 1 aromatic rings. The number of aliphatic hydroxyl groups excluding tert-OH is 1. The van der Waals surface area contributed by atoms with Crippen molar-refractivity contribution in [3.8, 4) is 0 Å². The summed E-state index contributed by atoms with van der Waals surface area (Å²) in [5.74, 6) is -0.729. The van der Waals surface area contributed by atoms with Gasteiger partial charge in [0.2, 0.25) is 5.91 Å². The highest BCUT2D eigenvalue weighted by Gasteiger charge is 2.54. The zero-order valence-electron chi connectivity index (χ0n) is 17.4. The first-order chi connectivity index (χ1) is 13.5. The van der Waals surface area contributed by atoms with E-state index in [1.807, 2.05) is 32.6 Å². The first-order valence-electron chi connectivity index (χ1n) is 9.92. The quantitative estimate of drug-likeness (QED) is 0.684. The monoisotopic (exact) mass is 406 g/mol. The highest BCUT2D eigenvalue weighted by molar-refractivity contribution is 5.85. The second-order valence-electron chi connectivity index (χ2n) is 9.24. The Hall–Kier alpha value is -2.26. The molecule has 1 spiro atoms. The van der Waals surface area contributed by atoms with E-state index in [0.29, 0.717) is 44.8 Å². The molecule has 2 fully saturated rings. The van der Waals surface area contributed by atoms with Gasteiger partial charge in [0, 0.05) is 25.1 Å². The van der Waals surface area contributed by atoms with Crippen LogP contribution in [0.4, 0.5) is 5.82 Å². The number of nitrogens with one attached hydrogen (secondary N) is 1. The van der Waals surface area contributed by atoms with Crippen LogP contribution < -0.4 is 10.2 Å². The van der Waals surface area contributed by atoms with Gasteiger partial charge in [0.05, 0.1) is 23.5 Å². The molecule has 3 rings (SSSR count). The van der Waals surface area contributed by atoms with E-state index in [0.717, 1.165) is 0 Å². The molecule has 1 amide bonds. The number of rotatable bonds is 3. The van der Waals surface area contributed by atoms with E-state index in [4.69, 9.17) is 9.84 Å². The predicted octanol–water partition coefficient (Wildman–Crippen LogP) is 1.22. The smallest absolute Gasteiger partial charge is 0.356 e. The minimum atomic E-state index is -1.12. The van der Waals surface area contributed by atoms with E-state index < -0.39 is 28.6 Å². The van der Waals surface area contributed by atoms with Crippen molar-refractivity contribution in [2.45, 2.75) is 64.2 Å². The van der Waals surface area contributed by atoms with Crippen LogP contribution in [-0.2, 0) is 9.53 Å². The average molecular weight is 406 g/mol. The van der Waals surface area contributed by atoms with E-state index in [1.54, 1.807) is 0 Å². The van der Waals surface area contributed by atoms with Gasteiger partial charge < -0.3 is 25.2 Å². The van der Waals surface area contributed by atoms with Crippen LogP contribution in [0.25, 0.3) is 0 Å². The number of carboxylic acids is 1. The summed E-state index contributed by atoms with van der Waals surface area (Å²) in [6.45, 7) is 8.94. The summed E-state index contributed by atoms with van der Waals surface area (Å²) >= 11 is 0. The second kappa shape index (κ2) is 7.53. The molecule has 0 bridgehead atoms. The number of hydrogen-bond donors (Lipinski definition) is 3. The number of hydrogen-bond acceptors (Lipinski definition) is 7. The van der Waals surface area contributed by atoms with Crippen LogP contribution in [0.5, 0.6) is 0 Å². The van der Waals surface area contributed by atoms with Crippen molar-refractivity contribution in [1.29, 1.82) is 0 Å². The maximum atomic E-state index is 12.5. The average Bonchev–Trinajstić information content (AvgIpc) is 2.66. The number of anilines is 1. The largest absolute Gasteiger partial charge is 0.476 e. The molecule has 2 atom stereocenters. The molecular weight excluding hydrogens is 376 g/mol. The van der Waals surface area contributed by atoms with Crippen molar-refractivity contribution in [2.24, 2.45) is 5.41 Å². The molecular formula is C20H30N4O5. The van der Waals surface area contributed by atoms with Gasteiger partial charge in [-0.1, -0.05) is 20.8 Å². The van der Waals surface area contributed by atoms with E-state index in [2.05, 4.69) is 15.3 Å². The SMILES string of the molecule is CC(C)(C)C(=O)N[C@]1(C)CCOC2(CCN(c3cncc(C(=O)O)n3)CC2)[C@H]1O. The van der Waals surface area contributed by atoms with E-state index in [9.17, 15) is 14.7 Å². The number of amides is 1. The summed E-state index contributed by atoms with van der Waals surface area (Å²) < 4.78 is 6.07. The topological polar surface area (TPSA) is 125 Å². The Morgan fingerprint density at radius 2 is 1.90 bits per heavy atom. The fourth-order valence-electron chi connectivity index (χ4n) is 3.98. The van der Waals surface area contributed by atoms with Crippen molar-refractivity contribution in [3.05, 3.63) is 18.1 Å². The maximum Gasteiger partial charge on any atom is 0.356 e. The minimum absolute atomic E-state index is 0.103. The lowest BCUT2D eigenvalue weighted by Gasteiger charge is -2.54. The number of aliphatic hydroxyl groups is 1. The third kappa shape index (κ3) is 4.20. The number of nitrogens with zero attached hydrogens (tertiary/aromatic N) is 3. The van der Waals surface area contributed by atoms with E-state index in [-0.39, 0.29) is 11.6 Å². The Morgan fingerprint density at radius 1 is 1.24 bits per heavy atom. The van der Waals surface area contributed by atoms with E-state index >= 15 is 0 Å². The summed E-state index contributed by atoms with van der Waals surface area (Å²) in [6.07, 6.45) is 3.51. The van der Waals surface area contributed by atoms with Gasteiger partial charge in [0.1, 0.15) is 11.9 Å². The number of piperidine rings is 1. The van der Waals surface area contributed by atoms with Crippen LogP contribution in [-0.4, -0.2) is 69.0 Å². The molecule has 3 heterocycles. The number of ether oxygens (including phenoxy) is 1. The Labute approximate surface area is 170 Å². The second-order valence-corrected chi connectivity index (χ2v) is 9.24. The molecule has 2 aliphatic heterocycles. The van der Waals surface area contributed by atoms with Crippen LogP contribution in [0.1, 0.15) is 57.4 Å². The molecule has 29 heavy (non-hydrogen) atoms. The van der Waals surface area contributed by atoms with Gasteiger partial charge in [-0.15, -0.1) is 0 Å². The van der Waals surface area contributed by atoms with Gasteiger partial charge in [0.15, 0.2) is 5.69 Å². The highest BCUT2D eigenvalue weighted by atomic mass is 16.5. The van der Waals surface area contributed by atoms with Gasteiger partial charge >= 0.3 is 5.97 Å². The number of aromatic nitrogens is 2. The van der Waals surface area contributed by atoms with Gasteiger partial charge in [-0.25, -0.2) is 9.78 Å². The standard InChI is InChI=1S/C20H30N4O5/c1-18(2,3)17(28)23-19(4)7-10-29-20(16(19)27)5-8-24(9-6-20)14-12-21-11-13(22-14)15(25)26/h11-12,16,27H,5-10H2,1-4H3,(H,23,28)(H,25,26)/t16-,19+/m0/s1. The third-order valence-electron chi connectivity index (χ3n) is 5.97. The van der Waals surface area contributed by atoms with Crippen LogP contribution in [0.15, 0.2) is 12.4 Å². The molecule has 9 nitrogen and oxygen atoms in total. The van der Waals surface area contributed by atoms with Crippen LogP contribution in [0.3, 0.4) is 0 Å². The fraction of sp³-hybridized carbons (Fsp3) is 0.700. The molecule has 0 saturated carbocycles. The summed E-state index contributed by atoms with van der Waals surface area (Å²) in [5.41, 5.74) is -2.18. The van der Waals surface area contributed by atoms with Crippen molar-refractivity contribution in [3.63, 3.8) is 0 Å². The van der Waals surface area contributed by atoms with Crippen molar-refractivity contribution >= 4 is 17.7 Å². The third-order valence-corrected chi connectivity index (χ3v) is 5.97. The van der Waals surface area contributed by atoms with Crippen molar-refractivity contribution in [1.82, 2.24) is 15.3 Å². The Kier molecular flexibility index (Phi) is 5.57. The Balaban J connectivity index is 1.73. The van der Waals surface area contributed by atoms with Crippen molar-refractivity contribution < 1.29 is 24.5 Å². The number of carboxylic acid groups (broad SMARTS) is 1. The minimum Gasteiger partial charge on any atom is -0.476 e. The molecule has 2 saturated heterocycles. The highest BCUT2D eigenvalue weighted by Crippen LogP contribution is 2.40. The summed E-state index contributed by atoms with van der Waals surface area (Å²) in [7, 11) is 0. The lowest BCUT2D eigenvalue weighted by molar-refractivity contribution is -0.199. The first kappa shape index (κ1) is 21.4. The molecule has 2 aliphatic rings. The summed E-state index contributed by atoms with van der Waals surface area (Å²) in [6, 6.07) is 0. The molecule has 9 heteroatoms. The number of aromatic carboxylic acids is 1. The number of carbonyl (C=O) groups is 2. The molecule has 0 aromatic carbocycles. The van der Waals surface area contributed by atoms with Gasteiger partial charge in [-0.05, 0) is 26.2 Å². The molecule has 0 unspecified atom stereocenters. The van der Waals surface area contributed by atoms with Crippen LogP contribution in [0.2, 0.25) is 0 Å². The normalized spacial score (nSPS) is 26.9. The summed E-state index contributed by atoms with van der Waals surface area (Å²) in [5, 5.41) is 23.4. The molecule has 0 radical (unpaired) electrons. The van der Waals surface area contributed by atoms with Gasteiger partial charge in [-0.3, -0.25) is 9.78 Å². The summed E-state index contributed by atoms with van der Waals surface area (Å²) in [4.78, 5) is 33.7. The number of carbonyl (C=O) groups excluding carboxylic acids is 1. The van der Waals surface area contributed by atoms with Gasteiger partial charge in [-0.2, -0.15) is 0 Å². The van der Waals surface area contributed by atoms with Crippen LogP contribution in [0, 0.1) is 5.41 Å². The van der Waals surface area contributed by atoms with E-state index in [1.165, 1.54) is 12.4 Å². The lowest BCUT2D eigenvalue weighted by Crippen LogP contribution is -2.70. The molecule has 1 aromatic heterocycles. The molecule has 160 valence electrons. The molecule has 0 aliphatic carbocycles. The van der Waals surface area contributed by atoms with Crippen molar-refractivity contribution in [2.75, 3.05) is 24.6 Å². The first-order valence-corrected chi connectivity index (χ1v) is 9.92. The molecule has 3 N–H and O–H groups in total. The lowest BCUT2D eigenvalue weighted by atomic mass is 9.72. The fourth-order valence-corrected chi connectivity index (χ4v) is 3.98. The maximum absolute atomic E-state index is 12.5. The Morgan fingerprint density at radius 3 is 2.48 bits per heavy atom.